The van der Waals surface area contributed by atoms with Gasteiger partial charge in [-0.2, -0.15) is 5.10 Å². The molecule has 0 aromatic carbocycles. The number of nitrogens with zero attached hydrogens (tertiary/aromatic N) is 2. The predicted octanol–water partition coefficient (Wildman–Crippen LogP) is 2.25. The molecular weight excluding hydrogens is 304 g/mol. The van der Waals surface area contributed by atoms with Gasteiger partial charge in [0.1, 0.15) is 11.5 Å². The zero-order valence-electron chi connectivity index (χ0n) is 14.2. The van der Waals surface area contributed by atoms with Crippen molar-refractivity contribution in [1.82, 2.24) is 20.4 Å². The van der Waals surface area contributed by atoms with Gasteiger partial charge in [-0.05, 0) is 30.9 Å². The summed E-state index contributed by atoms with van der Waals surface area (Å²) in [6, 6.07) is 4.30. The maximum absolute atomic E-state index is 11.8. The van der Waals surface area contributed by atoms with E-state index in [4.69, 9.17) is 4.42 Å². The van der Waals surface area contributed by atoms with Crippen LogP contribution in [0.4, 0.5) is 0 Å². The molecule has 6 nitrogen and oxygen atoms in total. The SMILES string of the molecule is C[C@@H]1C[C@H]1c1ccc(CN[C@@H]2CCC(=O)N[C@H]2c2cnn(C)c2)o1. The number of carbonyl (C=O) groups is 1. The zero-order chi connectivity index (χ0) is 16.7. The topological polar surface area (TPSA) is 72.1 Å². The van der Waals surface area contributed by atoms with Crippen molar-refractivity contribution in [1.29, 1.82) is 0 Å². The molecule has 2 aromatic heterocycles. The van der Waals surface area contributed by atoms with Gasteiger partial charge in [0.2, 0.25) is 5.91 Å². The second-order valence-electron chi connectivity index (χ2n) is 7.14. The monoisotopic (exact) mass is 328 g/mol. The highest BCUT2D eigenvalue weighted by Crippen LogP contribution is 2.47. The molecule has 2 aromatic rings. The highest BCUT2D eigenvalue weighted by molar-refractivity contribution is 5.77. The van der Waals surface area contributed by atoms with Gasteiger partial charge in [-0.3, -0.25) is 9.48 Å². The first-order chi connectivity index (χ1) is 11.6. The van der Waals surface area contributed by atoms with Crippen molar-refractivity contribution in [3.05, 3.63) is 41.6 Å². The lowest BCUT2D eigenvalue weighted by Gasteiger charge is -2.32. The maximum atomic E-state index is 11.8. The number of aryl methyl sites for hydroxylation is 1. The van der Waals surface area contributed by atoms with Gasteiger partial charge in [-0.15, -0.1) is 0 Å². The minimum Gasteiger partial charge on any atom is -0.464 e. The average molecular weight is 328 g/mol. The summed E-state index contributed by atoms with van der Waals surface area (Å²) in [5.74, 6) is 3.53. The van der Waals surface area contributed by atoms with Crippen molar-refractivity contribution in [2.24, 2.45) is 13.0 Å². The second kappa shape index (κ2) is 6.09. The normalized spacial score (nSPS) is 29.5. The van der Waals surface area contributed by atoms with Crippen LogP contribution in [0, 0.1) is 5.92 Å². The highest BCUT2D eigenvalue weighted by Gasteiger charge is 2.36. The molecular formula is C18H24N4O2. The molecule has 2 aliphatic rings. The number of aromatic nitrogens is 2. The second-order valence-corrected chi connectivity index (χ2v) is 7.14. The van der Waals surface area contributed by atoms with E-state index in [1.54, 1.807) is 4.68 Å². The molecule has 4 atom stereocenters. The van der Waals surface area contributed by atoms with Crippen molar-refractivity contribution >= 4 is 5.91 Å². The first-order valence-electron chi connectivity index (χ1n) is 8.70. The fourth-order valence-corrected chi connectivity index (χ4v) is 3.57. The number of piperidine rings is 1. The molecule has 128 valence electrons. The summed E-state index contributed by atoms with van der Waals surface area (Å²) in [7, 11) is 1.89. The third-order valence-corrected chi connectivity index (χ3v) is 5.18. The van der Waals surface area contributed by atoms with Gasteiger partial charge in [0, 0.05) is 37.2 Å². The molecule has 0 radical (unpaired) electrons. The molecule has 24 heavy (non-hydrogen) atoms. The Bertz CT molecular complexity index is 735. The summed E-state index contributed by atoms with van der Waals surface area (Å²) < 4.78 is 7.74. The van der Waals surface area contributed by atoms with Crippen LogP contribution in [0.15, 0.2) is 28.9 Å². The molecule has 2 N–H and O–H groups in total. The molecule has 0 spiro atoms. The van der Waals surface area contributed by atoms with E-state index in [1.807, 2.05) is 19.4 Å². The van der Waals surface area contributed by atoms with Gasteiger partial charge in [-0.1, -0.05) is 6.92 Å². The highest BCUT2D eigenvalue weighted by atomic mass is 16.3. The van der Waals surface area contributed by atoms with Crippen LogP contribution in [-0.4, -0.2) is 21.7 Å². The predicted molar refractivity (Wildman–Crippen MR) is 89.2 cm³/mol. The summed E-state index contributed by atoms with van der Waals surface area (Å²) in [5.41, 5.74) is 1.04. The average Bonchev–Trinajstić information content (AvgIpc) is 2.97. The van der Waals surface area contributed by atoms with Crippen LogP contribution in [0.2, 0.25) is 0 Å². The third-order valence-electron chi connectivity index (χ3n) is 5.18. The van der Waals surface area contributed by atoms with Crippen LogP contribution in [-0.2, 0) is 18.4 Å². The Morgan fingerprint density at radius 3 is 3.00 bits per heavy atom. The first kappa shape index (κ1) is 15.4. The van der Waals surface area contributed by atoms with Gasteiger partial charge in [-0.25, -0.2) is 0 Å². The maximum Gasteiger partial charge on any atom is 0.220 e. The molecule has 6 heteroatoms. The van der Waals surface area contributed by atoms with E-state index in [0.717, 1.165) is 29.4 Å². The molecule has 3 heterocycles. The van der Waals surface area contributed by atoms with E-state index < -0.39 is 0 Å². The Balaban J connectivity index is 1.41. The van der Waals surface area contributed by atoms with Crippen LogP contribution in [0.3, 0.4) is 0 Å². The van der Waals surface area contributed by atoms with Crippen LogP contribution in [0.25, 0.3) is 0 Å². The fourth-order valence-electron chi connectivity index (χ4n) is 3.57. The Morgan fingerprint density at radius 1 is 1.46 bits per heavy atom. The Kier molecular flexibility index (Phi) is 3.92. The number of nitrogens with one attached hydrogen (secondary N) is 2. The first-order valence-corrected chi connectivity index (χ1v) is 8.70. The van der Waals surface area contributed by atoms with E-state index >= 15 is 0 Å². The minimum absolute atomic E-state index is 0.0437. The van der Waals surface area contributed by atoms with Crippen molar-refractivity contribution in [2.75, 3.05) is 0 Å². The molecule has 0 bridgehead atoms. The van der Waals surface area contributed by atoms with Crippen molar-refractivity contribution in [2.45, 2.75) is 50.7 Å². The molecule has 2 fully saturated rings. The third kappa shape index (κ3) is 3.11. The number of carbonyl (C=O) groups excluding carboxylic acids is 1. The standard InChI is InChI=1S/C18H24N4O2/c1-11-7-14(11)16-5-3-13(24-16)9-19-15-4-6-17(23)21-18(15)12-8-20-22(2)10-12/h3,5,8,10-11,14-15,18-19H,4,6-7,9H2,1-2H3,(H,21,23)/t11-,14-,15-,18+/m1/s1. The molecule has 1 aliphatic heterocycles. The lowest BCUT2D eigenvalue weighted by molar-refractivity contribution is -0.123. The van der Waals surface area contributed by atoms with Crippen LogP contribution < -0.4 is 10.6 Å². The van der Waals surface area contributed by atoms with Crippen LogP contribution in [0.5, 0.6) is 0 Å². The van der Waals surface area contributed by atoms with Gasteiger partial charge in [0.05, 0.1) is 18.8 Å². The van der Waals surface area contributed by atoms with Crippen LogP contribution in [0.1, 0.15) is 55.2 Å². The Morgan fingerprint density at radius 2 is 2.29 bits per heavy atom. The molecule has 1 aliphatic carbocycles. The van der Waals surface area contributed by atoms with Gasteiger partial charge in [0.15, 0.2) is 0 Å². The van der Waals surface area contributed by atoms with E-state index in [0.29, 0.717) is 18.9 Å². The zero-order valence-corrected chi connectivity index (χ0v) is 14.2. The van der Waals surface area contributed by atoms with E-state index in [1.165, 1.54) is 6.42 Å². The Hall–Kier alpha value is -2.08. The van der Waals surface area contributed by atoms with Crippen molar-refractivity contribution in [3.63, 3.8) is 0 Å². The lowest BCUT2D eigenvalue weighted by Crippen LogP contribution is -2.48. The lowest BCUT2D eigenvalue weighted by atomic mass is 9.93. The van der Waals surface area contributed by atoms with E-state index in [-0.39, 0.29) is 18.0 Å². The van der Waals surface area contributed by atoms with Crippen LogP contribution >= 0.6 is 0 Å². The quantitative estimate of drug-likeness (QED) is 0.883. The molecule has 1 saturated heterocycles. The van der Waals surface area contributed by atoms with Crippen molar-refractivity contribution in [3.8, 4) is 0 Å². The summed E-state index contributed by atoms with van der Waals surface area (Å²) in [5, 5.41) is 10.9. The van der Waals surface area contributed by atoms with Gasteiger partial charge >= 0.3 is 0 Å². The summed E-state index contributed by atoms with van der Waals surface area (Å²) >= 11 is 0. The number of furan rings is 1. The fraction of sp³-hybridized carbons (Fsp3) is 0.556. The van der Waals surface area contributed by atoms with Gasteiger partial charge < -0.3 is 15.1 Å². The van der Waals surface area contributed by atoms with Gasteiger partial charge in [0.25, 0.3) is 0 Å². The number of amides is 1. The van der Waals surface area contributed by atoms with E-state index in [9.17, 15) is 4.79 Å². The summed E-state index contributed by atoms with van der Waals surface area (Å²) in [6.45, 7) is 2.94. The minimum atomic E-state index is -0.0437. The van der Waals surface area contributed by atoms with E-state index in [2.05, 4.69) is 34.8 Å². The summed E-state index contributed by atoms with van der Waals surface area (Å²) in [4.78, 5) is 11.8. The molecule has 0 unspecified atom stereocenters. The van der Waals surface area contributed by atoms with Crippen molar-refractivity contribution < 1.29 is 9.21 Å². The number of hydrogen-bond acceptors (Lipinski definition) is 4. The molecule has 1 amide bonds. The number of rotatable bonds is 5. The Labute approximate surface area is 141 Å². The molecule has 4 rings (SSSR count). The largest absolute Gasteiger partial charge is 0.464 e. The smallest absolute Gasteiger partial charge is 0.220 e. The number of hydrogen-bond donors (Lipinski definition) is 2. The summed E-state index contributed by atoms with van der Waals surface area (Å²) in [6.07, 6.45) is 6.39. The molecule has 1 saturated carbocycles.